The van der Waals surface area contributed by atoms with Crippen molar-refractivity contribution in [3.8, 4) is 0 Å². The van der Waals surface area contributed by atoms with E-state index in [1.165, 1.54) is 0 Å². The Morgan fingerprint density at radius 1 is 1.36 bits per heavy atom. The monoisotopic (exact) mass is 306 g/mol. The van der Waals surface area contributed by atoms with Gasteiger partial charge in [-0.15, -0.1) is 0 Å². The van der Waals surface area contributed by atoms with Crippen molar-refractivity contribution in [3.05, 3.63) is 23.9 Å². The summed E-state index contributed by atoms with van der Waals surface area (Å²) >= 11 is 0. The maximum absolute atomic E-state index is 11.6. The van der Waals surface area contributed by atoms with Crippen LogP contribution in [0.25, 0.3) is 0 Å². The maximum Gasteiger partial charge on any atom is 0.413 e. The lowest BCUT2D eigenvalue weighted by Crippen LogP contribution is -2.27. The number of carbonyl (C=O) groups excluding carboxylic acids is 2. The van der Waals surface area contributed by atoms with Crippen LogP contribution in [0.15, 0.2) is 18.3 Å². The summed E-state index contributed by atoms with van der Waals surface area (Å²) in [6.45, 7) is 7.59. The molecule has 1 heterocycles. The third-order valence-electron chi connectivity index (χ3n) is 3.22. The van der Waals surface area contributed by atoms with Crippen molar-refractivity contribution in [3.63, 3.8) is 0 Å². The van der Waals surface area contributed by atoms with Gasteiger partial charge in [0.2, 0.25) is 0 Å². The van der Waals surface area contributed by atoms with E-state index in [0.717, 1.165) is 12.0 Å². The molecule has 1 fully saturated rings. The predicted octanol–water partition coefficient (Wildman–Crippen LogP) is 3.10. The van der Waals surface area contributed by atoms with Crippen LogP contribution in [0.1, 0.15) is 45.6 Å². The number of hydrogen-bond donors (Lipinski definition) is 1. The van der Waals surface area contributed by atoms with Crippen LogP contribution in [0, 0.1) is 5.92 Å². The van der Waals surface area contributed by atoms with E-state index < -0.39 is 11.7 Å². The predicted molar refractivity (Wildman–Crippen MR) is 81.6 cm³/mol. The molecule has 22 heavy (non-hydrogen) atoms. The van der Waals surface area contributed by atoms with Crippen LogP contribution < -0.4 is 5.32 Å². The highest BCUT2D eigenvalue weighted by Gasteiger charge is 2.45. The number of esters is 1. The van der Waals surface area contributed by atoms with E-state index in [2.05, 4.69) is 10.3 Å². The Morgan fingerprint density at radius 2 is 2.09 bits per heavy atom. The fraction of sp³-hybridized carbons (Fsp3) is 0.562. The number of nitrogens with one attached hydrogen (secondary N) is 1. The molecule has 0 aromatic carbocycles. The highest BCUT2D eigenvalue weighted by atomic mass is 16.6. The summed E-state index contributed by atoms with van der Waals surface area (Å²) < 4.78 is 10.2. The van der Waals surface area contributed by atoms with E-state index in [0.29, 0.717) is 12.4 Å². The molecule has 120 valence electrons. The summed E-state index contributed by atoms with van der Waals surface area (Å²) in [5.74, 6) is 0.378. The van der Waals surface area contributed by atoms with Crippen molar-refractivity contribution < 1.29 is 19.1 Å². The second-order valence-corrected chi connectivity index (χ2v) is 6.30. The molecule has 0 saturated heterocycles. The normalized spacial score (nSPS) is 20.2. The standard InChI is InChI=1S/C16H22N2O4/c1-5-21-14(19)12-8-11(12)10-6-7-13(17-9-10)18-15(20)22-16(2,3)4/h6-7,9,11-12H,5,8H2,1-4H3,(H,17,18,20)/t11-,12+/m0/s1. The number of carbonyl (C=O) groups is 2. The quantitative estimate of drug-likeness (QED) is 0.865. The van der Waals surface area contributed by atoms with Gasteiger partial charge < -0.3 is 9.47 Å². The molecule has 2 atom stereocenters. The van der Waals surface area contributed by atoms with Crippen LogP contribution in [0.4, 0.5) is 10.6 Å². The second-order valence-electron chi connectivity index (χ2n) is 6.30. The summed E-state index contributed by atoms with van der Waals surface area (Å²) in [4.78, 5) is 27.4. The van der Waals surface area contributed by atoms with E-state index >= 15 is 0 Å². The Hall–Kier alpha value is -2.11. The Bertz CT molecular complexity index is 548. The lowest BCUT2D eigenvalue weighted by molar-refractivity contribution is -0.144. The number of pyridine rings is 1. The molecule has 1 aromatic heterocycles. The molecular weight excluding hydrogens is 284 g/mol. The molecule has 1 amide bonds. The number of nitrogens with zero attached hydrogens (tertiary/aromatic N) is 1. The van der Waals surface area contributed by atoms with Gasteiger partial charge in [0.15, 0.2) is 0 Å². The molecule has 1 aromatic rings. The molecule has 2 rings (SSSR count). The van der Waals surface area contributed by atoms with E-state index in [1.807, 2.05) is 6.07 Å². The Labute approximate surface area is 130 Å². The topological polar surface area (TPSA) is 77.5 Å². The largest absolute Gasteiger partial charge is 0.466 e. The lowest BCUT2D eigenvalue weighted by atomic mass is 10.1. The molecule has 1 aliphatic rings. The zero-order chi connectivity index (χ0) is 16.3. The van der Waals surface area contributed by atoms with Crippen molar-refractivity contribution >= 4 is 17.9 Å². The summed E-state index contributed by atoms with van der Waals surface area (Å²) in [5.41, 5.74) is 0.429. The van der Waals surface area contributed by atoms with Crippen molar-refractivity contribution in [2.24, 2.45) is 5.92 Å². The molecule has 1 saturated carbocycles. The van der Waals surface area contributed by atoms with Crippen LogP contribution in [0.2, 0.25) is 0 Å². The minimum Gasteiger partial charge on any atom is -0.466 e. The second kappa shape index (κ2) is 6.34. The molecule has 0 bridgehead atoms. The van der Waals surface area contributed by atoms with Crippen LogP contribution in [0.5, 0.6) is 0 Å². The first kappa shape index (κ1) is 16.3. The number of ether oxygens (including phenoxy) is 2. The minimum atomic E-state index is -0.551. The smallest absolute Gasteiger partial charge is 0.413 e. The highest BCUT2D eigenvalue weighted by molar-refractivity contribution is 5.83. The molecule has 1 aliphatic carbocycles. The molecule has 0 unspecified atom stereocenters. The fourth-order valence-corrected chi connectivity index (χ4v) is 2.18. The van der Waals surface area contributed by atoms with Gasteiger partial charge in [-0.3, -0.25) is 10.1 Å². The van der Waals surface area contributed by atoms with Crippen molar-refractivity contribution in [2.45, 2.75) is 45.6 Å². The van der Waals surface area contributed by atoms with E-state index in [1.54, 1.807) is 40.0 Å². The van der Waals surface area contributed by atoms with Gasteiger partial charge >= 0.3 is 12.1 Å². The average molecular weight is 306 g/mol. The van der Waals surface area contributed by atoms with Gasteiger partial charge in [-0.05, 0) is 51.7 Å². The SMILES string of the molecule is CCOC(=O)[C@@H]1C[C@H]1c1ccc(NC(=O)OC(C)(C)C)nc1. The maximum atomic E-state index is 11.6. The van der Waals surface area contributed by atoms with Gasteiger partial charge in [0, 0.05) is 6.20 Å². The summed E-state index contributed by atoms with van der Waals surface area (Å²) in [6, 6.07) is 3.57. The van der Waals surface area contributed by atoms with Gasteiger partial charge in [-0.2, -0.15) is 0 Å². The van der Waals surface area contributed by atoms with Gasteiger partial charge in [-0.1, -0.05) is 6.07 Å². The molecule has 6 nitrogen and oxygen atoms in total. The number of rotatable bonds is 4. The number of amides is 1. The summed E-state index contributed by atoms with van der Waals surface area (Å²) in [7, 11) is 0. The van der Waals surface area contributed by atoms with Crippen molar-refractivity contribution in [1.82, 2.24) is 4.98 Å². The van der Waals surface area contributed by atoms with Crippen molar-refractivity contribution in [2.75, 3.05) is 11.9 Å². The molecule has 1 N–H and O–H groups in total. The summed E-state index contributed by atoms with van der Waals surface area (Å²) in [6.07, 6.45) is 1.93. The molecular formula is C16H22N2O4. The Kier molecular flexibility index (Phi) is 4.68. The fourth-order valence-electron chi connectivity index (χ4n) is 2.18. The van der Waals surface area contributed by atoms with E-state index in [9.17, 15) is 9.59 Å². The lowest BCUT2D eigenvalue weighted by Gasteiger charge is -2.19. The van der Waals surface area contributed by atoms with E-state index in [-0.39, 0.29) is 17.8 Å². The zero-order valence-corrected chi connectivity index (χ0v) is 13.4. The average Bonchev–Trinajstić information content (AvgIpc) is 3.18. The van der Waals surface area contributed by atoms with Gasteiger partial charge in [-0.25, -0.2) is 9.78 Å². The first-order valence-corrected chi connectivity index (χ1v) is 7.42. The zero-order valence-electron chi connectivity index (χ0n) is 13.4. The van der Waals surface area contributed by atoms with Crippen LogP contribution >= 0.6 is 0 Å². The van der Waals surface area contributed by atoms with Crippen molar-refractivity contribution in [1.29, 1.82) is 0 Å². The first-order chi connectivity index (χ1) is 10.3. The molecule has 0 radical (unpaired) electrons. The van der Waals surface area contributed by atoms with Gasteiger partial charge in [0.1, 0.15) is 11.4 Å². The Balaban J connectivity index is 1.89. The van der Waals surface area contributed by atoms with E-state index in [4.69, 9.17) is 9.47 Å². The molecule has 6 heteroatoms. The number of aromatic nitrogens is 1. The minimum absolute atomic E-state index is 0.0635. The third-order valence-corrected chi connectivity index (χ3v) is 3.22. The molecule has 0 aliphatic heterocycles. The van der Waals surface area contributed by atoms with Crippen LogP contribution in [0.3, 0.4) is 0 Å². The molecule has 0 spiro atoms. The third kappa shape index (κ3) is 4.44. The van der Waals surface area contributed by atoms with Gasteiger partial charge in [0.25, 0.3) is 0 Å². The first-order valence-electron chi connectivity index (χ1n) is 7.42. The highest BCUT2D eigenvalue weighted by Crippen LogP contribution is 2.48. The Morgan fingerprint density at radius 3 is 2.64 bits per heavy atom. The van der Waals surface area contributed by atoms with Gasteiger partial charge in [0.05, 0.1) is 12.5 Å². The summed E-state index contributed by atoms with van der Waals surface area (Å²) in [5, 5.41) is 2.58. The number of anilines is 1. The van der Waals surface area contributed by atoms with Crippen LogP contribution in [-0.2, 0) is 14.3 Å². The van der Waals surface area contributed by atoms with Crippen LogP contribution in [-0.4, -0.2) is 29.3 Å². The number of hydrogen-bond acceptors (Lipinski definition) is 5.